The Labute approximate surface area is 84.1 Å². The van der Waals surface area contributed by atoms with Crippen LogP contribution in [-0.2, 0) is 0 Å². The van der Waals surface area contributed by atoms with Crippen LogP contribution in [0.2, 0.25) is 0 Å². The first-order valence-electron chi connectivity index (χ1n) is 4.77. The Morgan fingerprint density at radius 3 is 1.64 bits per heavy atom. The van der Waals surface area contributed by atoms with Gasteiger partial charge in [0.2, 0.25) is 0 Å². The highest BCUT2D eigenvalue weighted by molar-refractivity contribution is 4.89. The third-order valence-corrected chi connectivity index (χ3v) is 2.85. The van der Waals surface area contributed by atoms with Gasteiger partial charge < -0.3 is 5.32 Å². The lowest BCUT2D eigenvalue weighted by molar-refractivity contribution is -0.134. The summed E-state index contributed by atoms with van der Waals surface area (Å²) in [5.74, 6) is 0. The van der Waals surface area contributed by atoms with Crippen LogP contribution in [0.3, 0.4) is 0 Å². The number of nitrogens with one attached hydrogen (secondary N) is 1. The Morgan fingerprint density at radius 2 is 1.36 bits per heavy atom. The predicted molar refractivity (Wildman–Crippen MR) is 52.2 cm³/mol. The number of rotatable bonds is 3. The third kappa shape index (κ3) is 4.84. The molecule has 0 amide bonds. The summed E-state index contributed by atoms with van der Waals surface area (Å²) >= 11 is 0. The molecule has 0 heterocycles. The highest BCUT2D eigenvalue weighted by Gasteiger charge is 2.34. The van der Waals surface area contributed by atoms with Gasteiger partial charge in [-0.05, 0) is 19.3 Å². The Morgan fingerprint density at radius 1 is 0.929 bits per heavy atom. The van der Waals surface area contributed by atoms with Gasteiger partial charge in [-0.25, -0.2) is 0 Å². The maximum Gasteiger partial charge on any atom is 0.390 e. The van der Waals surface area contributed by atoms with Gasteiger partial charge in [0, 0.05) is 12.1 Å². The Bertz CT molecular complexity index is 177. The van der Waals surface area contributed by atoms with Gasteiger partial charge in [0.15, 0.2) is 0 Å². The van der Waals surface area contributed by atoms with Crippen LogP contribution < -0.4 is 5.32 Å². The fourth-order valence-corrected chi connectivity index (χ4v) is 0.782. The fourth-order valence-electron chi connectivity index (χ4n) is 0.782. The largest absolute Gasteiger partial charge is 0.390 e. The topological polar surface area (TPSA) is 12.0 Å². The molecule has 0 aromatic rings. The number of hydrogen-bond acceptors (Lipinski definition) is 1. The molecule has 4 heteroatoms. The monoisotopic (exact) mass is 211 g/mol. The summed E-state index contributed by atoms with van der Waals surface area (Å²) in [6, 6.07) is 0. The minimum Gasteiger partial charge on any atom is -0.311 e. The third-order valence-electron chi connectivity index (χ3n) is 2.85. The molecule has 0 atom stereocenters. The second-order valence-corrected chi connectivity index (χ2v) is 5.17. The molecule has 0 saturated carbocycles. The van der Waals surface area contributed by atoms with Crippen LogP contribution in [0.1, 0.15) is 41.0 Å². The Hall–Kier alpha value is -0.250. The van der Waals surface area contributed by atoms with Crippen LogP contribution in [0.4, 0.5) is 13.2 Å². The molecule has 0 aromatic carbocycles. The van der Waals surface area contributed by atoms with Crippen LogP contribution in [0.15, 0.2) is 0 Å². The summed E-state index contributed by atoms with van der Waals surface area (Å²) in [5, 5.41) is 2.94. The number of alkyl halides is 3. The van der Waals surface area contributed by atoms with Crippen molar-refractivity contribution in [3.8, 4) is 0 Å². The van der Waals surface area contributed by atoms with Crippen LogP contribution in [0, 0.1) is 5.41 Å². The normalized spacial score (nSPS) is 14.6. The molecule has 14 heavy (non-hydrogen) atoms. The maximum atomic E-state index is 11.9. The van der Waals surface area contributed by atoms with Gasteiger partial charge in [-0.15, -0.1) is 0 Å². The summed E-state index contributed by atoms with van der Waals surface area (Å²) < 4.78 is 35.7. The average Bonchev–Trinajstić information content (AvgIpc) is 1.80. The van der Waals surface area contributed by atoms with E-state index in [4.69, 9.17) is 0 Å². The van der Waals surface area contributed by atoms with E-state index in [1.807, 2.05) is 34.6 Å². The van der Waals surface area contributed by atoms with Crippen molar-refractivity contribution in [1.82, 2.24) is 5.32 Å². The van der Waals surface area contributed by atoms with Crippen molar-refractivity contribution < 1.29 is 13.2 Å². The number of hydrogen-bond donors (Lipinski definition) is 1. The summed E-state index contributed by atoms with van der Waals surface area (Å²) in [6.07, 6.45) is -4.84. The molecule has 0 fully saturated rings. The lowest BCUT2D eigenvalue weighted by Gasteiger charge is -2.40. The van der Waals surface area contributed by atoms with E-state index in [-0.39, 0.29) is 17.5 Å². The van der Waals surface area contributed by atoms with Crippen LogP contribution >= 0.6 is 0 Å². The lowest BCUT2D eigenvalue weighted by atomic mass is 9.76. The SMILES string of the molecule is CC(C)(C)C(C)(C)NCCC(F)(F)F. The molecule has 0 bridgehead atoms. The molecule has 0 spiro atoms. The summed E-state index contributed by atoms with van der Waals surface area (Å²) in [6.45, 7) is 9.84. The molecule has 0 unspecified atom stereocenters. The first-order chi connectivity index (χ1) is 5.96. The minimum absolute atomic E-state index is 0.0201. The molecule has 0 radical (unpaired) electrons. The van der Waals surface area contributed by atoms with E-state index in [2.05, 4.69) is 5.32 Å². The van der Waals surface area contributed by atoms with E-state index in [1.54, 1.807) is 0 Å². The molecular formula is C10H20F3N. The standard InChI is InChI=1S/C10H20F3N/c1-8(2,3)9(4,5)14-7-6-10(11,12)13/h14H,6-7H2,1-5H3. The lowest BCUT2D eigenvalue weighted by Crippen LogP contribution is -2.50. The van der Waals surface area contributed by atoms with Gasteiger partial charge in [-0.2, -0.15) is 13.2 Å². The van der Waals surface area contributed by atoms with Crippen molar-refractivity contribution >= 4 is 0 Å². The molecule has 0 aliphatic rings. The van der Waals surface area contributed by atoms with Crippen molar-refractivity contribution in [2.45, 2.75) is 52.8 Å². The Kier molecular flexibility index (Phi) is 4.02. The van der Waals surface area contributed by atoms with Crippen molar-refractivity contribution in [1.29, 1.82) is 0 Å². The van der Waals surface area contributed by atoms with E-state index < -0.39 is 12.6 Å². The molecule has 0 aliphatic heterocycles. The van der Waals surface area contributed by atoms with Crippen LogP contribution in [0.25, 0.3) is 0 Å². The smallest absolute Gasteiger partial charge is 0.311 e. The van der Waals surface area contributed by atoms with E-state index in [1.165, 1.54) is 0 Å². The van der Waals surface area contributed by atoms with Gasteiger partial charge in [-0.3, -0.25) is 0 Å². The number of halogens is 3. The molecular weight excluding hydrogens is 191 g/mol. The van der Waals surface area contributed by atoms with Gasteiger partial charge in [0.1, 0.15) is 0 Å². The second kappa shape index (κ2) is 4.09. The first kappa shape index (κ1) is 13.8. The average molecular weight is 211 g/mol. The van der Waals surface area contributed by atoms with Gasteiger partial charge in [0.05, 0.1) is 6.42 Å². The highest BCUT2D eigenvalue weighted by atomic mass is 19.4. The highest BCUT2D eigenvalue weighted by Crippen LogP contribution is 2.29. The van der Waals surface area contributed by atoms with Gasteiger partial charge in [-0.1, -0.05) is 20.8 Å². The second-order valence-electron chi connectivity index (χ2n) is 5.17. The van der Waals surface area contributed by atoms with E-state index >= 15 is 0 Å². The van der Waals surface area contributed by atoms with Crippen molar-refractivity contribution in [2.24, 2.45) is 5.41 Å². The molecule has 1 nitrogen and oxygen atoms in total. The quantitative estimate of drug-likeness (QED) is 0.754. The molecule has 0 aromatic heterocycles. The zero-order valence-corrected chi connectivity index (χ0v) is 9.55. The van der Waals surface area contributed by atoms with Crippen molar-refractivity contribution in [2.75, 3.05) is 6.54 Å². The molecule has 1 N–H and O–H groups in total. The Balaban J connectivity index is 4.02. The maximum absolute atomic E-state index is 11.9. The van der Waals surface area contributed by atoms with Gasteiger partial charge >= 0.3 is 6.18 Å². The van der Waals surface area contributed by atoms with Gasteiger partial charge in [0.25, 0.3) is 0 Å². The summed E-state index contributed by atoms with van der Waals surface area (Å²) in [5.41, 5.74) is -0.350. The zero-order valence-electron chi connectivity index (χ0n) is 9.55. The molecule has 0 saturated heterocycles. The predicted octanol–water partition coefficient (Wildman–Crippen LogP) is 3.35. The van der Waals surface area contributed by atoms with E-state index in [9.17, 15) is 13.2 Å². The van der Waals surface area contributed by atoms with Crippen molar-refractivity contribution in [3.05, 3.63) is 0 Å². The molecule has 86 valence electrons. The first-order valence-corrected chi connectivity index (χ1v) is 4.77. The van der Waals surface area contributed by atoms with E-state index in [0.717, 1.165) is 0 Å². The van der Waals surface area contributed by atoms with Crippen LogP contribution in [-0.4, -0.2) is 18.3 Å². The van der Waals surface area contributed by atoms with E-state index in [0.29, 0.717) is 0 Å². The summed E-state index contributed by atoms with van der Waals surface area (Å²) in [4.78, 5) is 0. The van der Waals surface area contributed by atoms with Crippen LogP contribution in [0.5, 0.6) is 0 Å². The molecule has 0 aliphatic carbocycles. The van der Waals surface area contributed by atoms with Crippen molar-refractivity contribution in [3.63, 3.8) is 0 Å². The summed E-state index contributed by atoms with van der Waals surface area (Å²) in [7, 11) is 0. The minimum atomic E-state index is -4.07. The molecule has 0 rings (SSSR count). The zero-order chi connectivity index (χ0) is 11.6. The fraction of sp³-hybridized carbons (Fsp3) is 1.00.